The Hall–Kier alpha value is -1.55. The number of aryl methyl sites for hydroxylation is 1. The van der Waals surface area contributed by atoms with Crippen LogP contribution in [0.3, 0.4) is 0 Å². The number of carbonyl (C=O) groups excluding carboxylic acids is 1. The van der Waals surface area contributed by atoms with E-state index in [1.54, 1.807) is 0 Å². The molecule has 1 saturated carbocycles. The minimum atomic E-state index is 0.145. The van der Waals surface area contributed by atoms with Crippen molar-refractivity contribution in [2.75, 3.05) is 12.0 Å². The van der Waals surface area contributed by atoms with Crippen molar-refractivity contribution >= 4 is 11.6 Å². The summed E-state index contributed by atoms with van der Waals surface area (Å²) in [7, 11) is 0. The molecule has 1 aromatic rings. The lowest BCUT2D eigenvalue weighted by Crippen LogP contribution is -2.41. The van der Waals surface area contributed by atoms with Crippen LogP contribution in [0.5, 0.6) is 0 Å². The molecule has 110 valence electrons. The molecule has 1 aliphatic carbocycles. The number of anilines is 1. The number of nitrogen functional groups attached to an aromatic ring is 1. The molecule has 0 unspecified atom stereocenters. The lowest BCUT2D eigenvalue weighted by molar-refractivity contribution is 0.0648. The Balaban J connectivity index is 2.17. The van der Waals surface area contributed by atoms with Gasteiger partial charge in [0.05, 0.1) is 5.69 Å². The molecule has 0 radical (unpaired) electrons. The zero-order chi connectivity index (χ0) is 14.5. The third-order valence-corrected chi connectivity index (χ3v) is 4.25. The predicted molar refractivity (Wildman–Crippen MR) is 82.6 cm³/mol. The number of nitrogens with zero attached hydrogens (tertiary/aromatic N) is 1. The van der Waals surface area contributed by atoms with E-state index in [0.29, 0.717) is 6.04 Å². The maximum atomic E-state index is 12.7. The van der Waals surface area contributed by atoms with Gasteiger partial charge in [-0.1, -0.05) is 19.3 Å². The molecule has 0 spiro atoms. The summed E-state index contributed by atoms with van der Waals surface area (Å²) < 4.78 is 0. The van der Waals surface area contributed by atoms with Gasteiger partial charge in [0.25, 0.3) is 5.91 Å². The molecule has 2 rings (SSSR count). The number of nitrogens with one attached hydrogen (secondary N) is 1. The second-order valence-electron chi connectivity index (χ2n) is 5.56. The minimum absolute atomic E-state index is 0.145. The summed E-state index contributed by atoms with van der Waals surface area (Å²) in [5.74, 6) is 5.58. The summed E-state index contributed by atoms with van der Waals surface area (Å²) in [6, 6.07) is 6.06. The highest BCUT2D eigenvalue weighted by atomic mass is 16.2. The quantitative estimate of drug-likeness (QED) is 0.656. The maximum absolute atomic E-state index is 12.7. The fourth-order valence-electron chi connectivity index (χ4n) is 3.08. The molecule has 1 amide bonds. The van der Waals surface area contributed by atoms with Crippen LogP contribution >= 0.6 is 0 Å². The van der Waals surface area contributed by atoms with E-state index < -0.39 is 0 Å². The molecule has 1 fully saturated rings. The van der Waals surface area contributed by atoms with Crippen molar-refractivity contribution in [3.8, 4) is 0 Å². The lowest BCUT2D eigenvalue weighted by Gasteiger charge is -2.33. The van der Waals surface area contributed by atoms with E-state index in [-0.39, 0.29) is 5.91 Å². The van der Waals surface area contributed by atoms with Gasteiger partial charge in [0.1, 0.15) is 0 Å². The Morgan fingerprint density at radius 1 is 1.35 bits per heavy atom. The zero-order valence-corrected chi connectivity index (χ0v) is 12.5. The third kappa shape index (κ3) is 3.12. The molecule has 4 heteroatoms. The first kappa shape index (κ1) is 14.9. The van der Waals surface area contributed by atoms with Crippen molar-refractivity contribution in [3.63, 3.8) is 0 Å². The number of nitrogens with two attached hydrogens (primary N) is 1. The molecule has 0 aliphatic heterocycles. The first-order valence-electron chi connectivity index (χ1n) is 7.55. The maximum Gasteiger partial charge on any atom is 0.254 e. The Bertz CT molecular complexity index is 467. The second kappa shape index (κ2) is 6.75. The molecular formula is C16H25N3O. The van der Waals surface area contributed by atoms with Crippen LogP contribution in [0.4, 0.5) is 5.69 Å². The van der Waals surface area contributed by atoms with E-state index in [1.165, 1.54) is 19.3 Å². The van der Waals surface area contributed by atoms with E-state index >= 15 is 0 Å². The normalized spacial score (nSPS) is 15.9. The van der Waals surface area contributed by atoms with Gasteiger partial charge in [0.2, 0.25) is 0 Å². The molecule has 1 aromatic carbocycles. The second-order valence-corrected chi connectivity index (χ2v) is 5.56. The molecule has 4 nitrogen and oxygen atoms in total. The molecule has 0 heterocycles. The predicted octanol–water partition coefficient (Wildman–Crippen LogP) is 3.08. The number of carbonyl (C=O) groups is 1. The molecule has 0 atom stereocenters. The topological polar surface area (TPSA) is 58.4 Å². The van der Waals surface area contributed by atoms with Crippen LogP contribution in [0.1, 0.15) is 54.9 Å². The monoisotopic (exact) mass is 275 g/mol. The summed E-state index contributed by atoms with van der Waals surface area (Å²) in [6.45, 7) is 4.80. The van der Waals surface area contributed by atoms with Crippen LogP contribution in [-0.2, 0) is 0 Å². The molecule has 3 N–H and O–H groups in total. The van der Waals surface area contributed by atoms with E-state index in [0.717, 1.165) is 36.2 Å². The van der Waals surface area contributed by atoms with Gasteiger partial charge >= 0.3 is 0 Å². The van der Waals surface area contributed by atoms with E-state index in [4.69, 9.17) is 5.84 Å². The lowest BCUT2D eigenvalue weighted by atomic mass is 9.93. The summed E-state index contributed by atoms with van der Waals surface area (Å²) >= 11 is 0. The molecule has 0 saturated heterocycles. The smallest absolute Gasteiger partial charge is 0.254 e. The fourth-order valence-corrected chi connectivity index (χ4v) is 3.08. The fraction of sp³-hybridized carbons (Fsp3) is 0.562. The van der Waals surface area contributed by atoms with Crippen LogP contribution in [-0.4, -0.2) is 23.4 Å². The Kier molecular flexibility index (Phi) is 5.01. The number of benzene rings is 1. The summed E-state index contributed by atoms with van der Waals surface area (Å²) in [6.07, 6.45) is 6.06. The van der Waals surface area contributed by atoms with Gasteiger partial charge in [-0.25, -0.2) is 0 Å². The van der Waals surface area contributed by atoms with Gasteiger partial charge in [0.15, 0.2) is 0 Å². The number of hydrogen-bond acceptors (Lipinski definition) is 3. The van der Waals surface area contributed by atoms with Gasteiger partial charge < -0.3 is 10.3 Å². The van der Waals surface area contributed by atoms with Crippen molar-refractivity contribution in [3.05, 3.63) is 29.3 Å². The Morgan fingerprint density at radius 3 is 2.60 bits per heavy atom. The van der Waals surface area contributed by atoms with Crippen LogP contribution in [0.15, 0.2) is 18.2 Å². The SMILES string of the molecule is CCN(C(=O)c1ccc(NN)c(C)c1)C1CCCCC1. The molecule has 0 aromatic heterocycles. The van der Waals surface area contributed by atoms with Gasteiger partial charge in [-0.3, -0.25) is 10.6 Å². The molecular weight excluding hydrogens is 250 g/mol. The largest absolute Gasteiger partial charge is 0.336 e. The van der Waals surface area contributed by atoms with E-state index in [1.807, 2.05) is 30.0 Å². The summed E-state index contributed by atoms with van der Waals surface area (Å²) in [4.78, 5) is 14.7. The van der Waals surface area contributed by atoms with Crippen molar-refractivity contribution < 1.29 is 4.79 Å². The average Bonchev–Trinajstić information content (AvgIpc) is 2.49. The van der Waals surface area contributed by atoms with Gasteiger partial charge in [-0.2, -0.15) is 0 Å². The zero-order valence-electron chi connectivity index (χ0n) is 12.5. The van der Waals surface area contributed by atoms with Gasteiger partial charge in [-0.05, 0) is 50.5 Å². The minimum Gasteiger partial charge on any atom is -0.336 e. The van der Waals surface area contributed by atoms with Crippen LogP contribution in [0, 0.1) is 6.92 Å². The van der Waals surface area contributed by atoms with Crippen molar-refractivity contribution in [1.29, 1.82) is 0 Å². The summed E-state index contributed by atoms with van der Waals surface area (Å²) in [5.41, 5.74) is 5.26. The Labute approximate surface area is 121 Å². The highest BCUT2D eigenvalue weighted by Gasteiger charge is 2.25. The summed E-state index contributed by atoms with van der Waals surface area (Å²) in [5, 5.41) is 0. The van der Waals surface area contributed by atoms with E-state index in [2.05, 4.69) is 12.3 Å². The van der Waals surface area contributed by atoms with Crippen LogP contribution in [0.25, 0.3) is 0 Å². The standard InChI is InChI=1S/C16H25N3O/c1-3-19(14-7-5-4-6-8-14)16(20)13-9-10-15(18-17)12(2)11-13/h9-11,14,18H,3-8,17H2,1-2H3. The molecule has 0 bridgehead atoms. The molecule has 20 heavy (non-hydrogen) atoms. The molecule has 1 aliphatic rings. The first-order chi connectivity index (χ1) is 9.67. The Morgan fingerprint density at radius 2 is 2.05 bits per heavy atom. The van der Waals surface area contributed by atoms with Crippen molar-refractivity contribution in [1.82, 2.24) is 4.90 Å². The number of amides is 1. The van der Waals surface area contributed by atoms with Crippen molar-refractivity contribution in [2.24, 2.45) is 5.84 Å². The van der Waals surface area contributed by atoms with Gasteiger partial charge in [0, 0.05) is 18.2 Å². The van der Waals surface area contributed by atoms with Crippen LogP contribution in [0.2, 0.25) is 0 Å². The highest BCUT2D eigenvalue weighted by Crippen LogP contribution is 2.24. The van der Waals surface area contributed by atoms with Gasteiger partial charge in [-0.15, -0.1) is 0 Å². The number of hydrazine groups is 1. The first-order valence-corrected chi connectivity index (χ1v) is 7.55. The third-order valence-electron chi connectivity index (χ3n) is 4.25. The van der Waals surface area contributed by atoms with Crippen LogP contribution < -0.4 is 11.3 Å². The van der Waals surface area contributed by atoms with Crippen molar-refractivity contribution in [2.45, 2.75) is 52.0 Å². The highest BCUT2D eigenvalue weighted by molar-refractivity contribution is 5.95. The number of hydrogen-bond donors (Lipinski definition) is 2. The number of rotatable bonds is 4. The average molecular weight is 275 g/mol. The van der Waals surface area contributed by atoms with E-state index in [9.17, 15) is 4.79 Å².